The average Bonchev–Trinajstić information content (AvgIpc) is 2.58. The van der Waals surface area contributed by atoms with Gasteiger partial charge in [-0.15, -0.1) is 0 Å². The molecule has 1 heterocycles. The van der Waals surface area contributed by atoms with Gasteiger partial charge in [-0.25, -0.2) is 0 Å². The fraction of sp³-hybridized carbons (Fsp3) is 0.167. The molecule has 0 aliphatic heterocycles. The number of nitrogens with one attached hydrogen (secondary N) is 1. The van der Waals surface area contributed by atoms with Crippen LogP contribution in [0.1, 0.15) is 11.3 Å². The van der Waals surface area contributed by atoms with Crippen molar-refractivity contribution in [1.82, 2.24) is 9.78 Å². The van der Waals surface area contributed by atoms with Crippen molar-refractivity contribution in [3.05, 3.63) is 41.6 Å². The third kappa shape index (κ3) is 2.62. The van der Waals surface area contributed by atoms with Crippen LogP contribution in [0.25, 0.3) is 0 Å². The fourth-order valence-electron chi connectivity index (χ4n) is 1.49. The number of hydrogen-bond acceptors (Lipinski definition) is 3. The Labute approximate surface area is 105 Å². The van der Waals surface area contributed by atoms with E-state index in [2.05, 4.69) is 10.4 Å². The molecule has 0 bridgehead atoms. The van der Waals surface area contributed by atoms with Gasteiger partial charge in [-0.2, -0.15) is 5.10 Å². The van der Waals surface area contributed by atoms with E-state index >= 15 is 0 Å². The predicted octanol–water partition coefficient (Wildman–Crippen LogP) is 2.11. The number of nitrogens with two attached hydrogens (primary N) is 1. The fourth-order valence-corrected chi connectivity index (χ4v) is 1.62. The van der Waals surface area contributed by atoms with Crippen LogP contribution in [0, 0.1) is 6.92 Å². The van der Waals surface area contributed by atoms with Crippen molar-refractivity contribution in [2.45, 2.75) is 6.92 Å². The van der Waals surface area contributed by atoms with Gasteiger partial charge in [0.05, 0.1) is 0 Å². The highest BCUT2D eigenvalue weighted by atomic mass is 32.1. The summed E-state index contributed by atoms with van der Waals surface area (Å²) in [6.07, 6.45) is 0. The Morgan fingerprint density at radius 1 is 1.35 bits per heavy atom. The van der Waals surface area contributed by atoms with Crippen LogP contribution in [0.4, 0.5) is 11.5 Å². The molecule has 2 aromatic rings. The molecule has 1 aromatic carbocycles. The Bertz CT molecular complexity index is 523. The molecule has 5 heteroatoms. The van der Waals surface area contributed by atoms with E-state index in [0.717, 1.165) is 22.8 Å². The lowest BCUT2D eigenvalue weighted by molar-refractivity contribution is 0.743. The molecule has 0 saturated heterocycles. The summed E-state index contributed by atoms with van der Waals surface area (Å²) in [5, 5.41) is 7.53. The van der Waals surface area contributed by atoms with Crippen LogP contribution in [-0.4, -0.2) is 14.8 Å². The van der Waals surface area contributed by atoms with Crippen molar-refractivity contribution >= 4 is 28.7 Å². The summed E-state index contributed by atoms with van der Waals surface area (Å²) in [4.78, 5) is 0.408. The van der Waals surface area contributed by atoms with E-state index in [1.54, 1.807) is 0 Å². The van der Waals surface area contributed by atoms with Gasteiger partial charge in [0.1, 0.15) is 4.99 Å². The summed E-state index contributed by atoms with van der Waals surface area (Å²) in [5.41, 5.74) is 8.46. The third-order valence-electron chi connectivity index (χ3n) is 2.56. The molecule has 88 valence electrons. The maximum atomic E-state index is 5.53. The Hall–Kier alpha value is -1.88. The van der Waals surface area contributed by atoms with E-state index in [1.807, 2.05) is 49.0 Å². The molecular formula is C12H14N4S. The van der Waals surface area contributed by atoms with Crippen LogP contribution < -0.4 is 11.1 Å². The lowest BCUT2D eigenvalue weighted by atomic mass is 10.2. The Morgan fingerprint density at radius 2 is 2.00 bits per heavy atom. The summed E-state index contributed by atoms with van der Waals surface area (Å²) < 4.78 is 1.83. The smallest absolute Gasteiger partial charge is 0.152 e. The molecule has 0 atom stereocenters. The van der Waals surface area contributed by atoms with Crippen molar-refractivity contribution in [2.75, 3.05) is 5.32 Å². The first-order chi connectivity index (χ1) is 8.06. The van der Waals surface area contributed by atoms with E-state index in [0.29, 0.717) is 4.99 Å². The molecule has 0 spiro atoms. The van der Waals surface area contributed by atoms with Crippen molar-refractivity contribution in [3.8, 4) is 0 Å². The molecule has 3 N–H and O–H groups in total. The van der Waals surface area contributed by atoms with E-state index < -0.39 is 0 Å². The molecule has 0 aliphatic rings. The quantitative estimate of drug-likeness (QED) is 0.814. The van der Waals surface area contributed by atoms with Gasteiger partial charge in [-0.05, 0) is 31.2 Å². The standard InChI is InChI=1S/C12H14N4S/c1-8-7-11(15-16(8)2)14-10-5-3-9(4-6-10)12(13)17/h3-7H,1-2H3,(H2,13,17)(H,14,15). The molecule has 17 heavy (non-hydrogen) atoms. The number of hydrogen-bond donors (Lipinski definition) is 2. The summed E-state index contributed by atoms with van der Waals surface area (Å²) in [6, 6.07) is 9.62. The second kappa shape index (κ2) is 4.55. The van der Waals surface area contributed by atoms with E-state index in [-0.39, 0.29) is 0 Å². The molecule has 0 radical (unpaired) electrons. The molecule has 0 fully saturated rings. The molecule has 2 rings (SSSR count). The van der Waals surface area contributed by atoms with Crippen molar-refractivity contribution < 1.29 is 0 Å². The zero-order valence-corrected chi connectivity index (χ0v) is 10.6. The van der Waals surface area contributed by atoms with Gasteiger partial charge < -0.3 is 11.1 Å². The lowest BCUT2D eigenvalue weighted by Gasteiger charge is -2.03. The SMILES string of the molecule is Cc1cc(Nc2ccc(C(N)=S)cc2)nn1C. The molecule has 4 nitrogen and oxygen atoms in total. The van der Waals surface area contributed by atoms with Crippen LogP contribution in [0.15, 0.2) is 30.3 Å². The van der Waals surface area contributed by atoms with Gasteiger partial charge >= 0.3 is 0 Å². The maximum absolute atomic E-state index is 5.53. The van der Waals surface area contributed by atoms with E-state index in [9.17, 15) is 0 Å². The average molecular weight is 246 g/mol. The number of anilines is 2. The minimum Gasteiger partial charge on any atom is -0.389 e. The second-order valence-corrected chi connectivity index (χ2v) is 4.30. The minimum atomic E-state index is 0.408. The highest BCUT2D eigenvalue weighted by Crippen LogP contribution is 2.16. The summed E-state index contributed by atoms with van der Waals surface area (Å²) in [6.45, 7) is 2.01. The van der Waals surface area contributed by atoms with Crippen LogP contribution >= 0.6 is 12.2 Å². The first-order valence-corrected chi connectivity index (χ1v) is 5.64. The van der Waals surface area contributed by atoms with Gasteiger partial charge in [-0.3, -0.25) is 4.68 Å². The second-order valence-electron chi connectivity index (χ2n) is 3.86. The molecule has 1 aromatic heterocycles. The summed E-state index contributed by atoms with van der Waals surface area (Å²) in [7, 11) is 1.91. The van der Waals surface area contributed by atoms with E-state index in [4.69, 9.17) is 18.0 Å². The first-order valence-electron chi connectivity index (χ1n) is 5.24. The molecule has 0 amide bonds. The number of rotatable bonds is 3. The number of benzene rings is 1. The van der Waals surface area contributed by atoms with Crippen molar-refractivity contribution in [1.29, 1.82) is 0 Å². The van der Waals surface area contributed by atoms with Gasteiger partial charge in [-0.1, -0.05) is 12.2 Å². The lowest BCUT2D eigenvalue weighted by Crippen LogP contribution is -2.08. The maximum Gasteiger partial charge on any atom is 0.152 e. The number of thiocarbonyl (C=S) groups is 1. The molecule has 0 saturated carbocycles. The first kappa shape index (κ1) is 11.6. The number of nitrogens with zero attached hydrogens (tertiary/aromatic N) is 2. The summed E-state index contributed by atoms with van der Waals surface area (Å²) >= 11 is 4.90. The Kier molecular flexibility index (Phi) is 3.10. The zero-order chi connectivity index (χ0) is 12.4. The normalized spacial score (nSPS) is 10.2. The molecule has 0 unspecified atom stereocenters. The van der Waals surface area contributed by atoms with Gasteiger partial charge in [0.2, 0.25) is 0 Å². The number of aryl methyl sites for hydroxylation is 2. The van der Waals surface area contributed by atoms with Crippen molar-refractivity contribution in [3.63, 3.8) is 0 Å². The molecule has 0 aliphatic carbocycles. The largest absolute Gasteiger partial charge is 0.389 e. The van der Waals surface area contributed by atoms with Gasteiger partial charge in [0.25, 0.3) is 0 Å². The minimum absolute atomic E-state index is 0.408. The van der Waals surface area contributed by atoms with Crippen LogP contribution in [0.2, 0.25) is 0 Å². The Balaban J connectivity index is 2.16. The summed E-state index contributed by atoms with van der Waals surface area (Å²) in [5.74, 6) is 0.827. The highest BCUT2D eigenvalue weighted by molar-refractivity contribution is 7.80. The van der Waals surface area contributed by atoms with Crippen LogP contribution in [0.3, 0.4) is 0 Å². The zero-order valence-electron chi connectivity index (χ0n) is 9.77. The Morgan fingerprint density at radius 3 is 2.47 bits per heavy atom. The predicted molar refractivity (Wildman–Crippen MR) is 73.6 cm³/mol. The van der Waals surface area contributed by atoms with Gasteiger partial charge in [0.15, 0.2) is 5.82 Å². The van der Waals surface area contributed by atoms with E-state index in [1.165, 1.54) is 0 Å². The number of aromatic nitrogens is 2. The topological polar surface area (TPSA) is 55.9 Å². The van der Waals surface area contributed by atoms with Crippen molar-refractivity contribution in [2.24, 2.45) is 12.8 Å². The van der Waals surface area contributed by atoms with Gasteiger partial charge in [0, 0.05) is 30.1 Å². The molecular weight excluding hydrogens is 232 g/mol. The highest BCUT2D eigenvalue weighted by Gasteiger charge is 2.02. The van der Waals surface area contributed by atoms with Crippen LogP contribution in [-0.2, 0) is 7.05 Å². The van der Waals surface area contributed by atoms with Crippen LogP contribution in [0.5, 0.6) is 0 Å². The monoisotopic (exact) mass is 246 g/mol. The third-order valence-corrected chi connectivity index (χ3v) is 2.79.